The summed E-state index contributed by atoms with van der Waals surface area (Å²) in [6, 6.07) is 180. The molecular weight excluding hydrogens is 1510 g/mol. The number of hydrogen-bond donors (Lipinski definition) is 0. The first-order valence-corrected chi connectivity index (χ1v) is 43.1. The van der Waals surface area contributed by atoms with Crippen LogP contribution in [0.25, 0.3) is 121 Å². The van der Waals surface area contributed by atoms with Crippen molar-refractivity contribution >= 4 is 111 Å². The molecule has 0 fully saturated rings. The quantitative estimate of drug-likeness (QED) is 0.0794. The fraction of sp³-hybridized carbons (Fsp3) is 0.0248. The summed E-state index contributed by atoms with van der Waals surface area (Å²) in [5.74, 6) is 0. The van der Waals surface area contributed by atoms with Crippen LogP contribution in [0.15, 0.2) is 497 Å². The molecule has 592 valence electrons. The van der Waals surface area contributed by atoms with Gasteiger partial charge in [0.2, 0.25) is 0 Å². The number of hydrogen-bond acceptors (Lipinski definition) is 4. The Bertz CT molecular complexity index is 7210. The second-order valence-corrected chi connectivity index (χ2v) is 32.6. The lowest BCUT2D eigenvalue weighted by Crippen LogP contribution is -2.14. The Labute approximate surface area is 731 Å². The number of para-hydroxylation sites is 6. The molecule has 21 aromatic carbocycles. The van der Waals surface area contributed by atoms with Gasteiger partial charge in [-0.3, -0.25) is 0 Å². The topological polar surface area (TPSA) is 13.0 Å². The maximum Gasteiger partial charge on any atom is 0.0463 e. The first kappa shape index (κ1) is 76.3. The van der Waals surface area contributed by atoms with Crippen molar-refractivity contribution in [1.82, 2.24) is 0 Å². The summed E-state index contributed by atoms with van der Waals surface area (Å²) in [7, 11) is 0. The summed E-state index contributed by atoms with van der Waals surface area (Å²) in [4.78, 5) is 9.28. The second-order valence-electron chi connectivity index (χ2n) is 32.6. The molecule has 0 bridgehead atoms. The van der Waals surface area contributed by atoms with E-state index < -0.39 is 0 Å². The van der Waals surface area contributed by atoms with Crippen LogP contribution in [0.3, 0.4) is 0 Å². The lowest BCUT2D eigenvalue weighted by atomic mass is 9.80. The number of anilines is 12. The monoisotopic (exact) mass is 1600 g/mol. The molecule has 0 saturated carbocycles. The Kier molecular flexibility index (Phi) is 20.4. The highest BCUT2D eigenvalue weighted by atomic mass is 15.2. The molecule has 22 rings (SSSR count). The SMILES string of the molecule is CC1(C)c2ccccc2-c2ccc(-c3c4ccccc4c(-c4ccc(N(c5ccccc5)c5ccc(N(c6ccccc6)c6ccccc6)cc5)cc4)c4ccccc34)cc21.c1ccc(-c2ccc(-c3ccc(-c4c5ccccc5c(-c5ccc(N(c6ccccc6)c6ccc(N(c7ccccc7)c7ccccc7)cc6)cc5)c5ccccc45)cc3)cc2)cc1. The molecule has 125 heavy (non-hydrogen) atoms. The minimum atomic E-state index is -0.0738. The Hall–Kier alpha value is -16.1. The van der Waals surface area contributed by atoms with Gasteiger partial charge in [0.1, 0.15) is 0 Å². The van der Waals surface area contributed by atoms with Crippen molar-refractivity contribution in [3.8, 4) is 77.9 Å². The van der Waals surface area contributed by atoms with Crippen molar-refractivity contribution in [2.45, 2.75) is 19.3 Å². The fourth-order valence-corrected chi connectivity index (χ4v) is 19.0. The molecule has 21 aromatic rings. The summed E-state index contributed by atoms with van der Waals surface area (Å²) in [6.45, 7) is 4.73. The Morgan fingerprint density at radius 1 is 0.136 bits per heavy atom. The first-order valence-electron chi connectivity index (χ1n) is 43.1. The maximum absolute atomic E-state index is 2.46. The largest absolute Gasteiger partial charge is 0.311 e. The molecule has 0 saturated heterocycles. The molecule has 0 unspecified atom stereocenters. The van der Waals surface area contributed by atoms with E-state index in [1.165, 1.54) is 132 Å². The zero-order valence-electron chi connectivity index (χ0n) is 69.6. The van der Waals surface area contributed by atoms with E-state index >= 15 is 0 Å². The van der Waals surface area contributed by atoms with Crippen LogP contribution in [0.2, 0.25) is 0 Å². The molecule has 1 aliphatic rings. The Morgan fingerprint density at radius 3 is 0.584 bits per heavy atom. The van der Waals surface area contributed by atoms with E-state index in [1.807, 2.05) is 0 Å². The van der Waals surface area contributed by atoms with E-state index in [-0.39, 0.29) is 5.41 Å². The average Bonchev–Trinajstić information content (AvgIpc) is 1.70. The van der Waals surface area contributed by atoms with E-state index in [4.69, 9.17) is 0 Å². The molecule has 0 N–H and O–H groups in total. The zero-order chi connectivity index (χ0) is 83.6. The summed E-state index contributed by atoms with van der Waals surface area (Å²) < 4.78 is 0. The van der Waals surface area contributed by atoms with Crippen LogP contribution in [0.5, 0.6) is 0 Å². The molecule has 0 amide bonds. The molecule has 0 atom stereocenters. The van der Waals surface area contributed by atoms with Crippen molar-refractivity contribution in [3.63, 3.8) is 0 Å². The van der Waals surface area contributed by atoms with E-state index in [9.17, 15) is 0 Å². The molecular formula is C121H88N4. The predicted octanol–water partition coefficient (Wildman–Crippen LogP) is 34.2. The molecule has 4 nitrogen and oxygen atoms in total. The van der Waals surface area contributed by atoms with Crippen LogP contribution in [0.1, 0.15) is 25.0 Å². The lowest BCUT2D eigenvalue weighted by molar-refractivity contribution is 0.660. The summed E-state index contributed by atoms with van der Waals surface area (Å²) in [5, 5.41) is 9.99. The second kappa shape index (κ2) is 33.5. The van der Waals surface area contributed by atoms with Gasteiger partial charge >= 0.3 is 0 Å². The standard InChI is InChI=1S/C62H44N2.C59H44N2/c1-5-17-45(18-6-1)46-29-31-47(32-30-46)48-33-35-49(36-34-48)61-57-25-13-15-27-59(57)62(60-28-16-14-26-58(60)61)50-37-39-54(40-38-50)64(53-23-11-4-12-24-53)56-43-41-55(42-44-56)63(51-19-7-2-8-20-51)52-21-9-3-10-22-52;1-59(2)55-29-17-16-24-49(55)50-39-32-42(40-56(50)59)58-53-27-14-12-25-51(53)57(52-26-13-15-28-54(52)58)41-30-33-46(34-31-41)61(45-22-10-5-11-23-45)48-37-35-47(36-38-48)60(43-18-6-3-7-19-43)44-20-8-4-9-21-44/h1-44H;3-40H,1-2H3. The normalized spacial score (nSPS) is 11.8. The molecule has 0 aromatic heterocycles. The van der Waals surface area contributed by atoms with Crippen LogP contribution in [-0.4, -0.2) is 0 Å². The van der Waals surface area contributed by atoms with Gasteiger partial charge in [0.15, 0.2) is 0 Å². The molecule has 1 aliphatic carbocycles. The molecule has 0 radical (unpaired) electrons. The van der Waals surface area contributed by atoms with Crippen LogP contribution < -0.4 is 19.6 Å². The van der Waals surface area contributed by atoms with Gasteiger partial charge < -0.3 is 19.6 Å². The Morgan fingerprint density at radius 2 is 0.312 bits per heavy atom. The zero-order valence-corrected chi connectivity index (χ0v) is 69.6. The van der Waals surface area contributed by atoms with Crippen LogP contribution in [-0.2, 0) is 5.41 Å². The van der Waals surface area contributed by atoms with Gasteiger partial charge in [-0.2, -0.15) is 0 Å². The van der Waals surface area contributed by atoms with Gasteiger partial charge in [0.25, 0.3) is 0 Å². The lowest BCUT2D eigenvalue weighted by Gasteiger charge is -2.28. The highest BCUT2D eigenvalue weighted by molar-refractivity contribution is 6.23. The van der Waals surface area contributed by atoms with Gasteiger partial charge in [-0.15, -0.1) is 0 Å². The summed E-state index contributed by atoms with van der Waals surface area (Å²) in [6.07, 6.45) is 0. The fourth-order valence-electron chi connectivity index (χ4n) is 19.0. The highest BCUT2D eigenvalue weighted by Gasteiger charge is 2.36. The van der Waals surface area contributed by atoms with Crippen molar-refractivity contribution < 1.29 is 0 Å². The predicted molar refractivity (Wildman–Crippen MR) is 532 cm³/mol. The minimum Gasteiger partial charge on any atom is -0.311 e. The van der Waals surface area contributed by atoms with Crippen molar-refractivity contribution in [2.24, 2.45) is 0 Å². The maximum atomic E-state index is 2.46. The van der Waals surface area contributed by atoms with Gasteiger partial charge in [0, 0.05) is 73.7 Å². The van der Waals surface area contributed by atoms with Crippen molar-refractivity contribution in [1.29, 1.82) is 0 Å². The highest BCUT2D eigenvalue weighted by Crippen LogP contribution is 2.53. The summed E-state index contributed by atoms with van der Waals surface area (Å²) >= 11 is 0. The molecule has 4 heteroatoms. The number of nitrogens with zero attached hydrogens (tertiary/aromatic N) is 4. The van der Waals surface area contributed by atoms with Crippen LogP contribution >= 0.6 is 0 Å². The number of fused-ring (bicyclic) bond motifs is 7. The molecule has 0 spiro atoms. The van der Waals surface area contributed by atoms with Crippen LogP contribution in [0, 0.1) is 0 Å². The van der Waals surface area contributed by atoms with E-state index in [2.05, 4.69) is 531 Å². The third kappa shape index (κ3) is 14.6. The number of rotatable bonds is 18. The van der Waals surface area contributed by atoms with E-state index in [0.29, 0.717) is 0 Å². The Balaban J connectivity index is 0.000000153. The first-order chi connectivity index (χ1) is 61.8. The molecule has 0 heterocycles. The van der Waals surface area contributed by atoms with Gasteiger partial charge in [0.05, 0.1) is 0 Å². The van der Waals surface area contributed by atoms with Gasteiger partial charge in [-0.05, 0) is 284 Å². The minimum absolute atomic E-state index is 0.0738. The third-order valence-corrected chi connectivity index (χ3v) is 24.9. The number of benzene rings is 21. The van der Waals surface area contributed by atoms with Gasteiger partial charge in [-0.25, -0.2) is 0 Å². The van der Waals surface area contributed by atoms with Crippen molar-refractivity contribution in [2.75, 3.05) is 19.6 Å². The average molecular weight is 1600 g/mol. The van der Waals surface area contributed by atoms with Crippen molar-refractivity contribution in [3.05, 3.63) is 509 Å². The van der Waals surface area contributed by atoms with Crippen LogP contribution in [0.4, 0.5) is 68.2 Å². The van der Waals surface area contributed by atoms with E-state index in [0.717, 1.165) is 68.2 Å². The third-order valence-electron chi connectivity index (χ3n) is 24.9. The van der Waals surface area contributed by atoms with E-state index in [1.54, 1.807) is 0 Å². The smallest absolute Gasteiger partial charge is 0.0463 e. The molecule has 0 aliphatic heterocycles. The van der Waals surface area contributed by atoms with Gasteiger partial charge in [-0.1, -0.05) is 360 Å². The summed E-state index contributed by atoms with van der Waals surface area (Å²) in [5.41, 5.74) is 33.4.